The first-order valence-electron chi connectivity index (χ1n) is 9.61. The zero-order chi connectivity index (χ0) is 20.5. The molecule has 2 heterocycles. The molecule has 1 aromatic heterocycles. The van der Waals surface area contributed by atoms with Crippen LogP contribution in [-0.4, -0.2) is 28.7 Å². The fourth-order valence-electron chi connectivity index (χ4n) is 3.71. The summed E-state index contributed by atoms with van der Waals surface area (Å²) in [5.74, 6) is 0.538. The summed E-state index contributed by atoms with van der Waals surface area (Å²) in [7, 11) is 1.61. The summed E-state index contributed by atoms with van der Waals surface area (Å²) < 4.78 is 5.39. The third-order valence-electron chi connectivity index (χ3n) is 5.30. The van der Waals surface area contributed by atoms with Gasteiger partial charge in [0, 0.05) is 24.3 Å². The number of methoxy groups -OCH3 is 1. The van der Waals surface area contributed by atoms with Crippen LogP contribution in [0.4, 0.5) is 0 Å². The van der Waals surface area contributed by atoms with Crippen molar-refractivity contribution in [3.8, 4) is 5.75 Å². The second-order valence-corrected chi connectivity index (χ2v) is 7.44. The van der Waals surface area contributed by atoms with Gasteiger partial charge in [-0.1, -0.05) is 54.9 Å². The number of rotatable bonds is 4. The lowest BCUT2D eigenvalue weighted by atomic mass is 9.97. The van der Waals surface area contributed by atoms with E-state index in [1.165, 1.54) is 17.5 Å². The Labute approximate surface area is 175 Å². The third kappa shape index (κ3) is 3.58. The Balaban J connectivity index is 1.74. The van der Waals surface area contributed by atoms with Crippen molar-refractivity contribution in [2.24, 2.45) is 5.10 Å². The summed E-state index contributed by atoms with van der Waals surface area (Å²) in [5.41, 5.74) is 4.64. The van der Waals surface area contributed by atoms with Crippen LogP contribution in [0.5, 0.6) is 5.75 Å². The first-order valence-corrected chi connectivity index (χ1v) is 9.99. The van der Waals surface area contributed by atoms with Gasteiger partial charge in [-0.05, 0) is 29.7 Å². The SMILES string of the molecule is CCc1ccc(C2=NN(C(C)=O)[C@H](c3cc4cccc(OC)c4nc3Cl)C2)cc1. The molecule has 0 saturated carbocycles. The Bertz CT molecular complexity index is 1110. The first-order chi connectivity index (χ1) is 14.0. The summed E-state index contributed by atoms with van der Waals surface area (Å²) in [6, 6.07) is 15.7. The number of amides is 1. The number of hydrogen-bond donors (Lipinski definition) is 0. The highest BCUT2D eigenvalue weighted by molar-refractivity contribution is 6.30. The monoisotopic (exact) mass is 407 g/mol. The van der Waals surface area contributed by atoms with E-state index in [1.807, 2.05) is 24.3 Å². The lowest BCUT2D eigenvalue weighted by Crippen LogP contribution is -2.24. The molecule has 1 aliphatic rings. The molecule has 0 radical (unpaired) electrons. The van der Waals surface area contributed by atoms with Crippen molar-refractivity contribution in [3.05, 3.63) is 70.4 Å². The molecule has 0 fully saturated rings. The van der Waals surface area contributed by atoms with Crippen LogP contribution < -0.4 is 4.74 Å². The number of nitrogens with zero attached hydrogens (tertiary/aromatic N) is 3. The van der Waals surface area contributed by atoms with Gasteiger partial charge in [0.1, 0.15) is 16.4 Å². The molecule has 1 aliphatic heterocycles. The van der Waals surface area contributed by atoms with Gasteiger partial charge < -0.3 is 4.74 Å². The van der Waals surface area contributed by atoms with Gasteiger partial charge in [-0.15, -0.1) is 0 Å². The molecular weight excluding hydrogens is 386 g/mol. The maximum absolute atomic E-state index is 12.3. The Morgan fingerprint density at radius 1 is 1.24 bits per heavy atom. The Morgan fingerprint density at radius 3 is 2.66 bits per heavy atom. The lowest BCUT2D eigenvalue weighted by Gasteiger charge is -2.21. The number of hydrazone groups is 1. The van der Waals surface area contributed by atoms with Crippen LogP contribution in [0.15, 0.2) is 53.6 Å². The number of ether oxygens (including phenoxy) is 1. The van der Waals surface area contributed by atoms with Crippen LogP contribution in [0.25, 0.3) is 10.9 Å². The van der Waals surface area contributed by atoms with Crippen molar-refractivity contribution < 1.29 is 9.53 Å². The van der Waals surface area contributed by atoms with Gasteiger partial charge in [-0.25, -0.2) is 9.99 Å². The van der Waals surface area contributed by atoms with Crippen molar-refractivity contribution in [1.29, 1.82) is 0 Å². The number of hydrogen-bond acceptors (Lipinski definition) is 4. The van der Waals surface area contributed by atoms with E-state index in [0.717, 1.165) is 28.6 Å². The molecule has 0 unspecified atom stereocenters. The summed E-state index contributed by atoms with van der Waals surface area (Å²) >= 11 is 6.56. The standard InChI is InChI=1S/C23H22ClN3O2/c1-4-15-8-10-16(11-9-15)19-13-20(27(26-19)14(2)28)18-12-17-6-5-7-21(29-3)22(17)25-23(18)24/h5-12,20H,4,13H2,1-3H3/t20-/m0/s1. The average molecular weight is 408 g/mol. The number of carbonyl (C=O) groups excluding carboxylic acids is 1. The largest absolute Gasteiger partial charge is 0.494 e. The average Bonchev–Trinajstić information content (AvgIpc) is 3.18. The lowest BCUT2D eigenvalue weighted by molar-refractivity contribution is -0.130. The number of aryl methyl sites for hydroxylation is 1. The molecule has 0 aliphatic carbocycles. The van der Waals surface area contributed by atoms with Crippen molar-refractivity contribution in [2.45, 2.75) is 32.7 Å². The summed E-state index contributed by atoms with van der Waals surface area (Å²) in [5, 5.41) is 7.39. The smallest absolute Gasteiger partial charge is 0.240 e. The van der Waals surface area contributed by atoms with E-state index in [-0.39, 0.29) is 11.9 Å². The van der Waals surface area contributed by atoms with Crippen molar-refractivity contribution >= 4 is 34.1 Å². The van der Waals surface area contributed by atoms with E-state index in [9.17, 15) is 4.79 Å². The van der Waals surface area contributed by atoms with Crippen molar-refractivity contribution in [3.63, 3.8) is 0 Å². The molecule has 6 heteroatoms. The first kappa shape index (κ1) is 19.4. The molecule has 0 N–H and O–H groups in total. The van der Waals surface area contributed by atoms with Crippen molar-refractivity contribution in [1.82, 2.24) is 9.99 Å². The van der Waals surface area contributed by atoms with Crippen LogP contribution in [0.1, 0.15) is 43.0 Å². The van der Waals surface area contributed by atoms with Crippen LogP contribution in [-0.2, 0) is 11.2 Å². The maximum atomic E-state index is 12.3. The Kier molecular flexibility index (Phi) is 5.24. The molecule has 148 valence electrons. The van der Waals surface area contributed by atoms with Gasteiger partial charge in [-0.2, -0.15) is 5.10 Å². The highest BCUT2D eigenvalue weighted by Gasteiger charge is 2.33. The molecule has 0 saturated heterocycles. The van der Waals surface area contributed by atoms with Gasteiger partial charge in [0.25, 0.3) is 0 Å². The van der Waals surface area contributed by atoms with E-state index in [1.54, 1.807) is 7.11 Å². The third-order valence-corrected chi connectivity index (χ3v) is 5.60. The second kappa shape index (κ2) is 7.84. The molecule has 5 nitrogen and oxygen atoms in total. The summed E-state index contributed by atoms with van der Waals surface area (Å²) in [6.07, 6.45) is 1.57. The molecule has 4 rings (SSSR count). The Hall–Kier alpha value is -2.92. The topological polar surface area (TPSA) is 54.8 Å². The highest BCUT2D eigenvalue weighted by Crippen LogP contribution is 2.38. The Morgan fingerprint density at radius 2 is 2.00 bits per heavy atom. The van der Waals surface area contributed by atoms with Gasteiger partial charge in [0.15, 0.2) is 0 Å². The minimum absolute atomic E-state index is 0.128. The van der Waals surface area contributed by atoms with E-state index in [0.29, 0.717) is 22.8 Å². The fourth-order valence-corrected chi connectivity index (χ4v) is 3.98. The van der Waals surface area contributed by atoms with Gasteiger partial charge in [0.2, 0.25) is 5.91 Å². The van der Waals surface area contributed by atoms with E-state index in [4.69, 9.17) is 16.3 Å². The summed E-state index contributed by atoms with van der Waals surface area (Å²) in [4.78, 5) is 16.9. The number of halogens is 1. The molecule has 0 bridgehead atoms. The molecule has 3 aromatic rings. The van der Waals surface area contributed by atoms with Crippen LogP contribution in [0.3, 0.4) is 0 Å². The van der Waals surface area contributed by atoms with E-state index in [2.05, 4.69) is 41.3 Å². The molecule has 0 spiro atoms. The predicted molar refractivity (Wildman–Crippen MR) is 116 cm³/mol. The van der Waals surface area contributed by atoms with Crippen LogP contribution in [0, 0.1) is 0 Å². The van der Waals surface area contributed by atoms with Gasteiger partial charge >= 0.3 is 0 Å². The number of benzene rings is 2. The molecule has 29 heavy (non-hydrogen) atoms. The molecule has 1 amide bonds. The minimum Gasteiger partial charge on any atom is -0.494 e. The number of fused-ring (bicyclic) bond motifs is 1. The minimum atomic E-state index is -0.288. The number of aromatic nitrogens is 1. The number of pyridine rings is 1. The maximum Gasteiger partial charge on any atom is 0.240 e. The molecular formula is C23H22ClN3O2. The summed E-state index contributed by atoms with van der Waals surface area (Å²) in [6.45, 7) is 3.64. The van der Waals surface area contributed by atoms with Gasteiger partial charge in [0.05, 0.1) is 18.9 Å². The molecule has 2 aromatic carbocycles. The van der Waals surface area contributed by atoms with Crippen molar-refractivity contribution in [2.75, 3.05) is 7.11 Å². The second-order valence-electron chi connectivity index (χ2n) is 7.08. The van der Waals surface area contributed by atoms with Crippen LogP contribution >= 0.6 is 11.6 Å². The highest BCUT2D eigenvalue weighted by atomic mass is 35.5. The fraction of sp³-hybridized carbons (Fsp3) is 0.261. The quantitative estimate of drug-likeness (QED) is 0.561. The van der Waals surface area contributed by atoms with Crippen LogP contribution in [0.2, 0.25) is 5.15 Å². The zero-order valence-electron chi connectivity index (χ0n) is 16.6. The molecule has 1 atom stereocenters. The number of para-hydroxylation sites is 1. The number of carbonyl (C=O) groups is 1. The zero-order valence-corrected chi connectivity index (χ0v) is 17.4. The van der Waals surface area contributed by atoms with E-state index < -0.39 is 0 Å². The predicted octanol–water partition coefficient (Wildman–Crippen LogP) is 5.16. The van der Waals surface area contributed by atoms with E-state index >= 15 is 0 Å². The van der Waals surface area contributed by atoms with Gasteiger partial charge in [-0.3, -0.25) is 4.79 Å². The normalized spacial score (nSPS) is 16.2.